The fourth-order valence-electron chi connectivity index (χ4n) is 2.19. The Bertz CT molecular complexity index is 742. The lowest BCUT2D eigenvalue weighted by atomic mass is 10.1. The van der Waals surface area contributed by atoms with Crippen LogP contribution >= 0.6 is 0 Å². The third-order valence-corrected chi connectivity index (χ3v) is 3.52. The number of benzene rings is 2. The number of carbonyl (C=O) groups excluding carboxylic acids is 3. The Balaban J connectivity index is 2.12. The minimum atomic E-state index is -1.20. The van der Waals surface area contributed by atoms with Gasteiger partial charge in [0, 0.05) is 12.6 Å². The van der Waals surface area contributed by atoms with Crippen molar-refractivity contribution >= 4 is 17.9 Å². The first-order valence-electron chi connectivity index (χ1n) is 7.82. The van der Waals surface area contributed by atoms with E-state index in [0.29, 0.717) is 5.56 Å². The Hall–Kier alpha value is -3.15. The molecule has 3 amide bonds. The van der Waals surface area contributed by atoms with E-state index in [4.69, 9.17) is 4.74 Å². The molecule has 25 heavy (non-hydrogen) atoms. The molecule has 0 saturated carbocycles. The summed E-state index contributed by atoms with van der Waals surface area (Å²) < 4.78 is 5.35. The van der Waals surface area contributed by atoms with Crippen molar-refractivity contribution in [1.82, 2.24) is 10.6 Å². The maximum atomic E-state index is 12.3. The molecule has 130 valence electrons. The van der Waals surface area contributed by atoms with Gasteiger partial charge in [-0.25, -0.2) is 4.79 Å². The van der Waals surface area contributed by atoms with Gasteiger partial charge in [0.05, 0.1) is 6.42 Å². The molecule has 1 atom stereocenters. The van der Waals surface area contributed by atoms with E-state index in [2.05, 4.69) is 10.6 Å². The van der Waals surface area contributed by atoms with Crippen LogP contribution in [0.1, 0.15) is 22.8 Å². The molecule has 0 saturated heterocycles. The number of nitrogens with one attached hydrogen (secondary N) is 2. The van der Waals surface area contributed by atoms with Crippen molar-refractivity contribution in [2.45, 2.75) is 19.4 Å². The van der Waals surface area contributed by atoms with Gasteiger partial charge in [-0.15, -0.1) is 0 Å². The number of carbonyl (C=O) groups is 3. The van der Waals surface area contributed by atoms with E-state index in [1.807, 2.05) is 31.2 Å². The van der Waals surface area contributed by atoms with Crippen molar-refractivity contribution in [2.24, 2.45) is 0 Å². The number of ether oxygens (including phenoxy) is 1. The Morgan fingerprint density at radius 1 is 1.00 bits per heavy atom. The van der Waals surface area contributed by atoms with E-state index in [1.54, 1.807) is 30.3 Å². The van der Waals surface area contributed by atoms with Gasteiger partial charge >= 0.3 is 12.0 Å². The highest BCUT2D eigenvalue weighted by Crippen LogP contribution is 2.18. The molecule has 0 unspecified atom stereocenters. The van der Waals surface area contributed by atoms with E-state index in [0.717, 1.165) is 11.1 Å². The lowest BCUT2D eigenvalue weighted by Crippen LogP contribution is -2.41. The average molecular weight is 340 g/mol. The molecule has 0 fully saturated rings. The molecule has 6 nitrogen and oxygen atoms in total. The van der Waals surface area contributed by atoms with Crippen molar-refractivity contribution in [1.29, 1.82) is 0 Å². The first-order chi connectivity index (χ1) is 12.0. The monoisotopic (exact) mass is 340 g/mol. The van der Waals surface area contributed by atoms with Crippen LogP contribution in [0, 0.1) is 6.92 Å². The van der Waals surface area contributed by atoms with E-state index >= 15 is 0 Å². The Labute approximate surface area is 146 Å². The summed E-state index contributed by atoms with van der Waals surface area (Å²) in [5.74, 6) is -1.26. The molecule has 0 aliphatic rings. The lowest BCUT2D eigenvalue weighted by molar-refractivity contribution is -0.155. The number of amides is 3. The zero-order valence-electron chi connectivity index (χ0n) is 14.1. The fourth-order valence-corrected chi connectivity index (χ4v) is 2.19. The molecule has 2 aromatic carbocycles. The van der Waals surface area contributed by atoms with Crippen LogP contribution in [0.25, 0.3) is 0 Å². The lowest BCUT2D eigenvalue weighted by Gasteiger charge is -2.17. The van der Waals surface area contributed by atoms with E-state index in [1.165, 1.54) is 7.05 Å². The molecule has 0 aliphatic heterocycles. The normalized spacial score (nSPS) is 11.3. The predicted molar refractivity (Wildman–Crippen MR) is 92.8 cm³/mol. The summed E-state index contributed by atoms with van der Waals surface area (Å²) in [5, 5.41) is 4.43. The number of esters is 1. The molecule has 0 bridgehead atoms. The van der Waals surface area contributed by atoms with Crippen molar-refractivity contribution < 1.29 is 19.1 Å². The van der Waals surface area contributed by atoms with Gasteiger partial charge in [0.2, 0.25) is 6.10 Å². The number of imide groups is 1. The van der Waals surface area contributed by atoms with Gasteiger partial charge in [-0.1, -0.05) is 60.2 Å². The van der Waals surface area contributed by atoms with Crippen LogP contribution in [0.5, 0.6) is 0 Å². The average Bonchev–Trinajstić information content (AvgIpc) is 2.62. The van der Waals surface area contributed by atoms with Gasteiger partial charge in [-0.05, 0) is 12.5 Å². The number of urea groups is 1. The second-order valence-electron chi connectivity index (χ2n) is 5.51. The van der Waals surface area contributed by atoms with Crippen molar-refractivity contribution in [2.75, 3.05) is 7.05 Å². The van der Waals surface area contributed by atoms with Gasteiger partial charge in [-0.2, -0.15) is 0 Å². The highest BCUT2D eigenvalue weighted by atomic mass is 16.5. The molecule has 2 N–H and O–H groups in total. The Morgan fingerprint density at radius 2 is 1.64 bits per heavy atom. The number of hydrogen-bond acceptors (Lipinski definition) is 4. The summed E-state index contributed by atoms with van der Waals surface area (Å²) in [6, 6.07) is 15.3. The molecule has 0 aliphatic carbocycles. The minimum Gasteiger partial charge on any atom is -0.447 e. The highest BCUT2D eigenvalue weighted by molar-refractivity contribution is 5.97. The van der Waals surface area contributed by atoms with Crippen LogP contribution in [0.2, 0.25) is 0 Å². The third-order valence-electron chi connectivity index (χ3n) is 3.52. The second-order valence-corrected chi connectivity index (χ2v) is 5.51. The van der Waals surface area contributed by atoms with Gasteiger partial charge in [-0.3, -0.25) is 14.9 Å². The maximum absolute atomic E-state index is 12.3. The summed E-state index contributed by atoms with van der Waals surface area (Å²) in [6.45, 7) is 1.96. The zero-order chi connectivity index (χ0) is 18.2. The van der Waals surface area contributed by atoms with Crippen LogP contribution < -0.4 is 10.6 Å². The Morgan fingerprint density at radius 3 is 2.24 bits per heavy atom. The van der Waals surface area contributed by atoms with Gasteiger partial charge in [0.25, 0.3) is 5.91 Å². The topological polar surface area (TPSA) is 84.5 Å². The number of rotatable bonds is 5. The molecule has 0 aromatic heterocycles. The molecule has 0 radical (unpaired) electrons. The largest absolute Gasteiger partial charge is 0.447 e. The number of hydrogen-bond donors (Lipinski definition) is 2. The number of aryl methyl sites for hydroxylation is 1. The molecule has 0 spiro atoms. The SMILES string of the molecule is CNC(=O)NC(=O)[C@H](OC(=O)Cc1ccc(C)cc1)c1ccccc1. The minimum absolute atomic E-state index is 0.0386. The van der Waals surface area contributed by atoms with Crippen LogP contribution in [0.3, 0.4) is 0 Å². The third kappa shape index (κ3) is 5.46. The summed E-state index contributed by atoms with van der Waals surface area (Å²) in [6.07, 6.45) is -1.16. The maximum Gasteiger partial charge on any atom is 0.321 e. The van der Waals surface area contributed by atoms with Crippen molar-refractivity contribution in [3.63, 3.8) is 0 Å². The molecular weight excluding hydrogens is 320 g/mol. The summed E-state index contributed by atoms with van der Waals surface area (Å²) >= 11 is 0. The van der Waals surface area contributed by atoms with Gasteiger partial charge < -0.3 is 10.1 Å². The molecule has 2 aromatic rings. The highest BCUT2D eigenvalue weighted by Gasteiger charge is 2.26. The van der Waals surface area contributed by atoms with E-state index < -0.39 is 24.0 Å². The van der Waals surface area contributed by atoms with Gasteiger partial charge in [0.15, 0.2) is 0 Å². The first-order valence-corrected chi connectivity index (χ1v) is 7.82. The molecule has 2 rings (SSSR count). The quantitative estimate of drug-likeness (QED) is 0.818. The van der Waals surface area contributed by atoms with Crippen LogP contribution in [0.15, 0.2) is 54.6 Å². The first kappa shape index (κ1) is 18.2. The van der Waals surface area contributed by atoms with E-state index in [-0.39, 0.29) is 6.42 Å². The smallest absolute Gasteiger partial charge is 0.321 e. The van der Waals surface area contributed by atoms with E-state index in [9.17, 15) is 14.4 Å². The van der Waals surface area contributed by atoms with Crippen LogP contribution in [-0.2, 0) is 20.7 Å². The van der Waals surface area contributed by atoms with Crippen molar-refractivity contribution in [3.8, 4) is 0 Å². The standard InChI is InChI=1S/C19H20N2O4/c1-13-8-10-14(11-9-13)12-16(22)25-17(15-6-4-3-5-7-15)18(23)21-19(24)20-2/h3-11,17H,12H2,1-2H3,(H2,20,21,23,24)/t17-/m1/s1. The Kier molecular flexibility index (Phi) is 6.28. The van der Waals surface area contributed by atoms with Gasteiger partial charge in [0.1, 0.15) is 0 Å². The summed E-state index contributed by atoms with van der Waals surface area (Å²) in [7, 11) is 1.39. The summed E-state index contributed by atoms with van der Waals surface area (Å²) in [4.78, 5) is 35.9. The van der Waals surface area contributed by atoms with Crippen LogP contribution in [0.4, 0.5) is 4.79 Å². The summed E-state index contributed by atoms with van der Waals surface area (Å²) in [5.41, 5.74) is 2.36. The molecule has 0 heterocycles. The fraction of sp³-hybridized carbons (Fsp3) is 0.211. The predicted octanol–water partition coefficient (Wildman–Crippen LogP) is 2.28. The second kappa shape index (κ2) is 8.63. The molecule has 6 heteroatoms. The van der Waals surface area contributed by atoms with Crippen molar-refractivity contribution in [3.05, 3.63) is 71.3 Å². The zero-order valence-corrected chi connectivity index (χ0v) is 14.1. The van der Waals surface area contributed by atoms with Crippen LogP contribution in [-0.4, -0.2) is 25.0 Å². The molecular formula is C19H20N2O4.